The van der Waals surface area contributed by atoms with E-state index >= 15 is 0 Å². The van der Waals surface area contributed by atoms with Crippen molar-refractivity contribution >= 4 is 17.8 Å². The van der Waals surface area contributed by atoms with Crippen molar-refractivity contribution in [1.82, 2.24) is 24.5 Å². The Kier molecular flexibility index (Phi) is 6.45. The molecule has 1 N–H and O–H groups in total. The second kappa shape index (κ2) is 8.57. The van der Waals surface area contributed by atoms with E-state index in [0.29, 0.717) is 19.6 Å². The summed E-state index contributed by atoms with van der Waals surface area (Å²) < 4.78 is 1.90. The van der Waals surface area contributed by atoms with E-state index in [1.54, 1.807) is 0 Å². The molecule has 3 amide bonds. The predicted molar refractivity (Wildman–Crippen MR) is 119 cm³/mol. The molecule has 0 aromatic carbocycles. The van der Waals surface area contributed by atoms with Crippen LogP contribution in [0.5, 0.6) is 0 Å². The zero-order valence-corrected chi connectivity index (χ0v) is 19.5. The van der Waals surface area contributed by atoms with E-state index in [-0.39, 0.29) is 22.9 Å². The van der Waals surface area contributed by atoms with E-state index in [1.807, 2.05) is 20.5 Å². The summed E-state index contributed by atoms with van der Waals surface area (Å²) in [7, 11) is 0. The molecular formula is C22H38N6O2. The van der Waals surface area contributed by atoms with Gasteiger partial charge in [0.25, 0.3) is 0 Å². The Hall–Kier alpha value is -2.09. The number of nitrogens with zero attached hydrogens (tertiary/aromatic N) is 5. The second-order valence-electron chi connectivity index (χ2n) is 10.5. The fourth-order valence-corrected chi connectivity index (χ4v) is 3.90. The monoisotopic (exact) mass is 418 g/mol. The highest BCUT2D eigenvalue weighted by atomic mass is 16.2. The van der Waals surface area contributed by atoms with Crippen molar-refractivity contribution in [2.24, 2.45) is 0 Å². The van der Waals surface area contributed by atoms with Crippen LogP contribution in [0.25, 0.3) is 0 Å². The van der Waals surface area contributed by atoms with Crippen molar-refractivity contribution in [1.29, 1.82) is 0 Å². The Morgan fingerprint density at radius 1 is 0.933 bits per heavy atom. The summed E-state index contributed by atoms with van der Waals surface area (Å²) in [5.41, 5.74) is 0.627. The smallest absolute Gasteiger partial charge is 0.323 e. The summed E-state index contributed by atoms with van der Waals surface area (Å²) in [5.74, 6) is 0.943. The molecule has 8 heteroatoms. The summed E-state index contributed by atoms with van der Waals surface area (Å²) in [5, 5.41) is 7.84. The lowest BCUT2D eigenvalue weighted by Gasteiger charge is -2.35. The fraction of sp³-hybridized carbons (Fsp3) is 0.773. The highest BCUT2D eigenvalue weighted by Crippen LogP contribution is 2.28. The SMILES string of the molecule is CC(C)(C)c1cc(NC(=O)N2CCN(CC(=O)N3CCCC3)CC2)n(C(C)(C)C)n1. The van der Waals surface area contributed by atoms with E-state index in [1.165, 1.54) is 0 Å². The van der Waals surface area contributed by atoms with E-state index in [0.717, 1.165) is 50.5 Å². The number of urea groups is 1. The lowest BCUT2D eigenvalue weighted by Crippen LogP contribution is -2.52. The number of rotatable bonds is 3. The van der Waals surface area contributed by atoms with Gasteiger partial charge in [0.1, 0.15) is 5.82 Å². The molecule has 0 bridgehead atoms. The summed E-state index contributed by atoms with van der Waals surface area (Å²) in [6, 6.07) is 1.88. The lowest BCUT2D eigenvalue weighted by molar-refractivity contribution is -0.131. The number of hydrogen-bond acceptors (Lipinski definition) is 4. The third-order valence-electron chi connectivity index (χ3n) is 5.83. The molecule has 0 unspecified atom stereocenters. The van der Waals surface area contributed by atoms with Crippen LogP contribution in [-0.2, 0) is 15.7 Å². The average Bonchev–Trinajstić information content (AvgIpc) is 3.31. The normalized spacial score (nSPS) is 18.7. The van der Waals surface area contributed by atoms with Gasteiger partial charge in [-0.1, -0.05) is 20.8 Å². The third-order valence-corrected chi connectivity index (χ3v) is 5.83. The Morgan fingerprint density at radius 3 is 2.07 bits per heavy atom. The molecule has 168 valence electrons. The fourth-order valence-electron chi connectivity index (χ4n) is 3.90. The van der Waals surface area contributed by atoms with Crippen molar-refractivity contribution in [3.63, 3.8) is 0 Å². The molecular weight excluding hydrogens is 380 g/mol. The minimum absolute atomic E-state index is 0.0938. The third kappa shape index (κ3) is 5.33. The molecule has 0 atom stereocenters. The molecule has 30 heavy (non-hydrogen) atoms. The standard InChI is InChI=1S/C22H38N6O2/c1-21(2,3)17-15-18(28(24-17)22(4,5)6)23-20(30)27-13-11-25(12-14-27)16-19(29)26-9-7-8-10-26/h15H,7-14,16H2,1-6H3,(H,23,30). The van der Waals surface area contributed by atoms with E-state index in [4.69, 9.17) is 5.10 Å². The number of aromatic nitrogens is 2. The topological polar surface area (TPSA) is 73.7 Å². The van der Waals surface area contributed by atoms with Crippen LogP contribution in [0.15, 0.2) is 6.07 Å². The molecule has 1 aromatic heterocycles. The number of nitrogens with one attached hydrogen (secondary N) is 1. The van der Waals surface area contributed by atoms with Crippen LogP contribution in [0, 0.1) is 0 Å². The molecule has 2 saturated heterocycles. The van der Waals surface area contributed by atoms with Crippen molar-refractivity contribution in [2.45, 2.75) is 65.3 Å². The molecule has 0 aliphatic carbocycles. The number of amides is 3. The van der Waals surface area contributed by atoms with Crippen LogP contribution in [0.4, 0.5) is 10.6 Å². The molecule has 3 rings (SSSR count). The van der Waals surface area contributed by atoms with Gasteiger partial charge in [0, 0.05) is 50.7 Å². The van der Waals surface area contributed by atoms with E-state index < -0.39 is 0 Å². The first-order valence-electron chi connectivity index (χ1n) is 11.1. The maximum Gasteiger partial charge on any atom is 0.323 e. The van der Waals surface area contributed by atoms with Gasteiger partial charge in [0.15, 0.2) is 0 Å². The van der Waals surface area contributed by atoms with E-state index in [9.17, 15) is 9.59 Å². The first kappa shape index (κ1) is 22.6. The van der Waals surface area contributed by atoms with Gasteiger partial charge in [-0.25, -0.2) is 9.48 Å². The highest BCUT2D eigenvalue weighted by molar-refractivity contribution is 5.88. The zero-order chi connectivity index (χ0) is 22.1. The summed E-state index contributed by atoms with van der Waals surface area (Å²) in [4.78, 5) is 31.2. The molecule has 0 saturated carbocycles. The van der Waals surface area contributed by atoms with Gasteiger partial charge in [-0.3, -0.25) is 15.0 Å². The van der Waals surface area contributed by atoms with Crippen LogP contribution in [0.1, 0.15) is 60.1 Å². The number of hydrogen-bond donors (Lipinski definition) is 1. The number of carbonyl (C=O) groups excluding carboxylic acids is 2. The Morgan fingerprint density at radius 2 is 1.53 bits per heavy atom. The molecule has 0 radical (unpaired) electrons. The largest absolute Gasteiger partial charge is 0.342 e. The van der Waals surface area contributed by atoms with Gasteiger partial charge in [-0.05, 0) is 33.6 Å². The van der Waals surface area contributed by atoms with Crippen LogP contribution in [-0.4, -0.2) is 82.2 Å². The summed E-state index contributed by atoms with van der Waals surface area (Å²) in [6.45, 7) is 17.5. The van der Waals surface area contributed by atoms with Gasteiger partial charge >= 0.3 is 6.03 Å². The van der Waals surface area contributed by atoms with Gasteiger partial charge in [0.2, 0.25) is 5.91 Å². The second-order valence-corrected chi connectivity index (χ2v) is 10.5. The number of carbonyl (C=O) groups is 2. The Labute approximate surface area is 180 Å². The molecule has 8 nitrogen and oxygen atoms in total. The molecule has 2 fully saturated rings. The molecule has 2 aliphatic heterocycles. The molecule has 3 heterocycles. The van der Waals surface area contributed by atoms with Crippen molar-refractivity contribution in [2.75, 3.05) is 51.1 Å². The van der Waals surface area contributed by atoms with Gasteiger partial charge in [-0.15, -0.1) is 0 Å². The van der Waals surface area contributed by atoms with Crippen molar-refractivity contribution < 1.29 is 9.59 Å². The zero-order valence-electron chi connectivity index (χ0n) is 19.5. The van der Waals surface area contributed by atoms with E-state index in [2.05, 4.69) is 51.8 Å². The predicted octanol–water partition coefficient (Wildman–Crippen LogP) is 2.71. The minimum atomic E-state index is -0.235. The molecule has 1 aromatic rings. The number of likely N-dealkylation sites (tertiary alicyclic amines) is 1. The lowest BCUT2D eigenvalue weighted by atomic mass is 9.92. The first-order chi connectivity index (χ1) is 13.9. The number of anilines is 1. The average molecular weight is 419 g/mol. The summed E-state index contributed by atoms with van der Waals surface area (Å²) >= 11 is 0. The molecule has 0 spiro atoms. The summed E-state index contributed by atoms with van der Waals surface area (Å²) in [6.07, 6.45) is 2.23. The Bertz CT molecular complexity index is 760. The Balaban J connectivity index is 1.58. The quantitative estimate of drug-likeness (QED) is 0.819. The van der Waals surface area contributed by atoms with Gasteiger partial charge in [-0.2, -0.15) is 5.10 Å². The van der Waals surface area contributed by atoms with Crippen LogP contribution < -0.4 is 5.32 Å². The first-order valence-corrected chi connectivity index (χ1v) is 11.1. The number of piperazine rings is 1. The van der Waals surface area contributed by atoms with Crippen LogP contribution in [0.2, 0.25) is 0 Å². The molecule has 2 aliphatic rings. The van der Waals surface area contributed by atoms with Crippen LogP contribution in [0.3, 0.4) is 0 Å². The minimum Gasteiger partial charge on any atom is -0.342 e. The van der Waals surface area contributed by atoms with Crippen molar-refractivity contribution in [3.8, 4) is 0 Å². The maximum atomic E-state index is 12.9. The van der Waals surface area contributed by atoms with Gasteiger partial charge in [0.05, 0.1) is 17.8 Å². The maximum absolute atomic E-state index is 12.9. The van der Waals surface area contributed by atoms with Crippen LogP contribution >= 0.6 is 0 Å². The van der Waals surface area contributed by atoms with Gasteiger partial charge < -0.3 is 9.80 Å². The highest BCUT2D eigenvalue weighted by Gasteiger charge is 2.29. The van der Waals surface area contributed by atoms with Crippen molar-refractivity contribution in [3.05, 3.63) is 11.8 Å².